The van der Waals surface area contributed by atoms with Gasteiger partial charge in [0.1, 0.15) is 5.60 Å². The molecule has 0 aliphatic carbocycles. The minimum absolute atomic E-state index is 0.223. The molecule has 2 atom stereocenters. The zero-order valence-electron chi connectivity index (χ0n) is 7.87. The van der Waals surface area contributed by atoms with E-state index in [-0.39, 0.29) is 6.42 Å². The van der Waals surface area contributed by atoms with Gasteiger partial charge in [-0.15, -0.1) is 0 Å². The first-order chi connectivity index (χ1) is 5.56. The second-order valence-corrected chi connectivity index (χ2v) is 3.52. The van der Waals surface area contributed by atoms with Crippen LogP contribution >= 0.6 is 0 Å². The van der Waals surface area contributed by atoms with Gasteiger partial charge in [-0.1, -0.05) is 13.3 Å². The summed E-state index contributed by atoms with van der Waals surface area (Å²) in [7, 11) is 0. The maximum absolute atomic E-state index is 13.2. The largest absolute Gasteiger partial charge is 0.425 e. The molecule has 1 N–H and O–H groups in total. The van der Waals surface area contributed by atoms with Crippen LogP contribution in [0.3, 0.4) is 0 Å². The lowest BCUT2D eigenvalue weighted by Gasteiger charge is -2.37. The first kappa shape index (κ1) is 12.7. The molecule has 0 fully saturated rings. The number of hydrogen-bond acceptors (Lipinski definition) is 1. The average molecular weight is 202 g/mol. The summed E-state index contributed by atoms with van der Waals surface area (Å²) in [5.74, 6) is 0. The van der Waals surface area contributed by atoms with Gasteiger partial charge in [-0.3, -0.25) is 0 Å². The molecule has 0 aromatic carbocycles. The Bertz CT molecular complexity index is 171. The monoisotopic (exact) mass is 202 g/mol. The number of rotatable bonds is 3. The highest BCUT2D eigenvalue weighted by Crippen LogP contribution is 2.43. The highest BCUT2D eigenvalue weighted by Gasteiger charge is 2.62. The van der Waals surface area contributed by atoms with E-state index in [1.54, 1.807) is 6.92 Å². The molecule has 0 saturated carbocycles. The van der Waals surface area contributed by atoms with Crippen LogP contribution in [0.2, 0.25) is 0 Å². The van der Waals surface area contributed by atoms with Crippen molar-refractivity contribution in [1.82, 2.24) is 0 Å². The SMILES string of the molecule is CCCC(C)(O)C(C)(F)C(F)(F)F. The molecular weight excluding hydrogens is 188 g/mol. The van der Waals surface area contributed by atoms with Gasteiger partial charge in [0.15, 0.2) is 0 Å². The smallest absolute Gasteiger partial charge is 0.386 e. The minimum Gasteiger partial charge on any atom is -0.386 e. The van der Waals surface area contributed by atoms with Gasteiger partial charge < -0.3 is 5.11 Å². The predicted molar refractivity (Wildman–Crippen MR) is 41.1 cm³/mol. The number of aliphatic hydroxyl groups is 1. The zero-order valence-corrected chi connectivity index (χ0v) is 7.87. The molecule has 0 aliphatic rings. The number of hydrogen-bond donors (Lipinski definition) is 1. The van der Waals surface area contributed by atoms with E-state index >= 15 is 0 Å². The van der Waals surface area contributed by atoms with E-state index in [2.05, 4.69) is 0 Å². The van der Waals surface area contributed by atoms with E-state index in [4.69, 9.17) is 0 Å². The first-order valence-corrected chi connectivity index (χ1v) is 4.04. The molecule has 80 valence electrons. The Labute approximate surface area is 74.8 Å². The molecule has 0 radical (unpaired) electrons. The normalized spacial score (nSPS) is 22.2. The van der Waals surface area contributed by atoms with Gasteiger partial charge in [-0.05, 0) is 20.3 Å². The summed E-state index contributed by atoms with van der Waals surface area (Å²) in [6.45, 7) is 2.81. The fourth-order valence-corrected chi connectivity index (χ4v) is 1.03. The first-order valence-electron chi connectivity index (χ1n) is 4.04. The van der Waals surface area contributed by atoms with E-state index in [0.717, 1.165) is 6.92 Å². The molecule has 0 amide bonds. The van der Waals surface area contributed by atoms with E-state index in [1.165, 1.54) is 0 Å². The van der Waals surface area contributed by atoms with Gasteiger partial charge in [0.05, 0.1) is 0 Å². The summed E-state index contributed by atoms with van der Waals surface area (Å²) in [5, 5.41) is 9.28. The molecule has 2 unspecified atom stereocenters. The maximum atomic E-state index is 13.2. The molecule has 0 saturated heterocycles. The minimum atomic E-state index is -5.04. The van der Waals surface area contributed by atoms with Crippen molar-refractivity contribution in [3.05, 3.63) is 0 Å². The van der Waals surface area contributed by atoms with Crippen LogP contribution in [-0.4, -0.2) is 22.6 Å². The summed E-state index contributed by atoms with van der Waals surface area (Å²) >= 11 is 0. The van der Waals surface area contributed by atoms with E-state index in [0.29, 0.717) is 13.3 Å². The van der Waals surface area contributed by atoms with Gasteiger partial charge in [-0.25, -0.2) is 4.39 Å². The highest BCUT2D eigenvalue weighted by atomic mass is 19.4. The van der Waals surface area contributed by atoms with Crippen LogP contribution in [0.5, 0.6) is 0 Å². The molecule has 0 rings (SSSR count). The second-order valence-electron chi connectivity index (χ2n) is 3.52. The molecule has 0 bridgehead atoms. The predicted octanol–water partition coefficient (Wildman–Crippen LogP) is 2.83. The van der Waals surface area contributed by atoms with Crippen molar-refractivity contribution < 1.29 is 22.7 Å². The second kappa shape index (κ2) is 3.44. The lowest BCUT2D eigenvalue weighted by Crippen LogP contribution is -2.56. The summed E-state index contributed by atoms with van der Waals surface area (Å²) in [6.07, 6.45) is -4.96. The van der Waals surface area contributed by atoms with Crippen LogP contribution < -0.4 is 0 Å². The molecule has 5 heteroatoms. The molecule has 0 aromatic rings. The molecular formula is C8H14F4O. The van der Waals surface area contributed by atoms with Crippen LogP contribution in [0.25, 0.3) is 0 Å². The summed E-state index contributed by atoms with van der Waals surface area (Å²) < 4.78 is 49.5. The van der Waals surface area contributed by atoms with Crippen molar-refractivity contribution in [3.8, 4) is 0 Å². The Kier molecular flexibility index (Phi) is 3.36. The van der Waals surface area contributed by atoms with Crippen molar-refractivity contribution in [2.45, 2.75) is 51.1 Å². The number of halogens is 4. The van der Waals surface area contributed by atoms with E-state index in [9.17, 15) is 22.7 Å². The van der Waals surface area contributed by atoms with Crippen LogP contribution in [0, 0.1) is 0 Å². The Morgan fingerprint density at radius 3 is 1.69 bits per heavy atom. The van der Waals surface area contributed by atoms with Crippen LogP contribution in [-0.2, 0) is 0 Å². The van der Waals surface area contributed by atoms with Gasteiger partial charge in [0.25, 0.3) is 0 Å². The highest BCUT2D eigenvalue weighted by molar-refractivity contribution is 4.98. The third-order valence-corrected chi connectivity index (χ3v) is 2.28. The fraction of sp³-hybridized carbons (Fsp3) is 1.00. The van der Waals surface area contributed by atoms with Crippen LogP contribution in [0.15, 0.2) is 0 Å². The molecule has 1 nitrogen and oxygen atoms in total. The van der Waals surface area contributed by atoms with Crippen molar-refractivity contribution in [2.75, 3.05) is 0 Å². The van der Waals surface area contributed by atoms with E-state index in [1.807, 2.05) is 0 Å². The summed E-state index contributed by atoms with van der Waals surface area (Å²) in [4.78, 5) is 0. The van der Waals surface area contributed by atoms with Crippen LogP contribution in [0.1, 0.15) is 33.6 Å². The Hall–Kier alpha value is -0.320. The van der Waals surface area contributed by atoms with Gasteiger partial charge in [0.2, 0.25) is 5.67 Å². The fourth-order valence-electron chi connectivity index (χ4n) is 1.03. The van der Waals surface area contributed by atoms with Gasteiger partial charge >= 0.3 is 6.18 Å². The van der Waals surface area contributed by atoms with Crippen molar-refractivity contribution in [3.63, 3.8) is 0 Å². The van der Waals surface area contributed by atoms with E-state index < -0.39 is 17.4 Å². The van der Waals surface area contributed by atoms with Crippen LogP contribution in [0.4, 0.5) is 17.6 Å². The molecule has 13 heavy (non-hydrogen) atoms. The Morgan fingerprint density at radius 1 is 1.08 bits per heavy atom. The summed E-state index contributed by atoms with van der Waals surface area (Å²) in [5.41, 5.74) is -5.92. The molecule has 0 heterocycles. The molecule has 0 aliphatic heterocycles. The quantitative estimate of drug-likeness (QED) is 0.697. The molecule has 0 spiro atoms. The lowest BCUT2D eigenvalue weighted by molar-refractivity contribution is -0.279. The Balaban J connectivity index is 4.81. The Morgan fingerprint density at radius 2 is 1.46 bits per heavy atom. The average Bonchev–Trinajstić information content (AvgIpc) is 1.84. The topological polar surface area (TPSA) is 20.2 Å². The van der Waals surface area contributed by atoms with Gasteiger partial charge in [0, 0.05) is 0 Å². The standard InChI is InChI=1S/C8H14F4O/c1-4-5-6(2,13)7(3,9)8(10,11)12/h13H,4-5H2,1-3H3. The zero-order chi connectivity index (χ0) is 10.9. The number of alkyl halides is 4. The van der Waals surface area contributed by atoms with Gasteiger partial charge in [-0.2, -0.15) is 13.2 Å². The lowest BCUT2D eigenvalue weighted by atomic mass is 9.83. The summed E-state index contributed by atoms with van der Waals surface area (Å²) in [6, 6.07) is 0. The van der Waals surface area contributed by atoms with Crippen molar-refractivity contribution >= 4 is 0 Å². The van der Waals surface area contributed by atoms with Crippen molar-refractivity contribution in [2.24, 2.45) is 0 Å². The third kappa shape index (κ3) is 2.33. The maximum Gasteiger partial charge on any atom is 0.425 e. The third-order valence-electron chi connectivity index (χ3n) is 2.28. The van der Waals surface area contributed by atoms with Crippen molar-refractivity contribution in [1.29, 1.82) is 0 Å². The molecule has 0 aromatic heterocycles.